The first-order chi connectivity index (χ1) is 11.9. The normalized spacial score (nSPS) is 15.6. The number of carbonyl (C=O) groups is 2. The minimum absolute atomic E-state index is 0.0235. The smallest absolute Gasteiger partial charge is 0.243 e. The molecule has 25 heavy (non-hydrogen) atoms. The van der Waals surface area contributed by atoms with Gasteiger partial charge in [-0.3, -0.25) is 9.59 Å². The molecular formula is C17H23N3O4S. The van der Waals surface area contributed by atoms with Gasteiger partial charge in [0.15, 0.2) is 0 Å². The summed E-state index contributed by atoms with van der Waals surface area (Å²) in [6, 6.07) is 8.30. The Morgan fingerprint density at radius 1 is 1.12 bits per heavy atom. The van der Waals surface area contributed by atoms with Crippen LogP contribution in [0.1, 0.15) is 12.8 Å². The summed E-state index contributed by atoms with van der Waals surface area (Å²) in [6.07, 6.45) is 2.05. The van der Waals surface area contributed by atoms with E-state index in [4.69, 9.17) is 0 Å². The van der Waals surface area contributed by atoms with Crippen LogP contribution in [0.4, 0.5) is 0 Å². The Kier molecular flexibility index (Phi) is 6.72. The molecule has 1 N–H and O–H groups in total. The van der Waals surface area contributed by atoms with Crippen molar-refractivity contribution in [2.45, 2.75) is 17.7 Å². The lowest BCUT2D eigenvalue weighted by Gasteiger charge is -2.34. The van der Waals surface area contributed by atoms with Gasteiger partial charge in [-0.05, 0) is 24.6 Å². The highest BCUT2D eigenvalue weighted by molar-refractivity contribution is 7.89. The molecule has 7 nitrogen and oxygen atoms in total. The molecule has 1 aromatic rings. The average molecular weight is 365 g/mol. The van der Waals surface area contributed by atoms with Crippen molar-refractivity contribution in [3.05, 3.63) is 43.0 Å². The first-order valence-electron chi connectivity index (χ1n) is 8.18. The van der Waals surface area contributed by atoms with E-state index in [9.17, 15) is 18.0 Å². The third kappa shape index (κ3) is 5.14. The number of benzene rings is 1. The van der Waals surface area contributed by atoms with Gasteiger partial charge in [0, 0.05) is 39.1 Å². The molecular weight excluding hydrogens is 342 g/mol. The van der Waals surface area contributed by atoms with Gasteiger partial charge < -0.3 is 10.2 Å². The molecule has 1 aliphatic heterocycles. The summed E-state index contributed by atoms with van der Waals surface area (Å²) in [5, 5.41) is 2.62. The third-order valence-corrected chi connectivity index (χ3v) is 5.94. The van der Waals surface area contributed by atoms with E-state index >= 15 is 0 Å². The molecule has 1 heterocycles. The van der Waals surface area contributed by atoms with E-state index in [-0.39, 0.29) is 29.8 Å². The highest BCUT2D eigenvalue weighted by Gasteiger charge is 2.29. The molecule has 0 radical (unpaired) electrons. The van der Waals surface area contributed by atoms with Gasteiger partial charge in [-0.15, -0.1) is 0 Å². The molecule has 1 fully saturated rings. The number of sulfonamides is 1. The Bertz CT molecular complexity index is 711. The van der Waals surface area contributed by atoms with Crippen LogP contribution in [0.2, 0.25) is 0 Å². The molecule has 2 amide bonds. The fourth-order valence-corrected chi connectivity index (χ4v) is 4.04. The first kappa shape index (κ1) is 19.1. The Labute approximate surface area is 148 Å². The summed E-state index contributed by atoms with van der Waals surface area (Å²) < 4.78 is 26.5. The van der Waals surface area contributed by atoms with Crippen molar-refractivity contribution < 1.29 is 18.0 Å². The van der Waals surface area contributed by atoms with Crippen molar-refractivity contribution in [3.63, 3.8) is 0 Å². The topological polar surface area (TPSA) is 86.8 Å². The number of hydrogen-bond donors (Lipinski definition) is 1. The maximum absolute atomic E-state index is 12.5. The summed E-state index contributed by atoms with van der Waals surface area (Å²) in [5.74, 6) is -0.281. The van der Waals surface area contributed by atoms with Gasteiger partial charge in [0.25, 0.3) is 0 Å². The number of nitrogens with one attached hydrogen (secondary N) is 1. The first-order valence-corrected chi connectivity index (χ1v) is 9.62. The lowest BCUT2D eigenvalue weighted by molar-refractivity contribution is -0.132. The minimum atomic E-state index is -3.51. The van der Waals surface area contributed by atoms with Crippen LogP contribution in [0.25, 0.3) is 0 Å². The number of carbonyl (C=O) groups excluding carboxylic acids is 2. The quantitative estimate of drug-likeness (QED) is 0.566. The standard InChI is InChI=1S/C17H23N3O4S/c1-2-16(21)18-10-6-9-17(22)19-11-13-20(14-12-19)25(23,24)15-7-4-3-5-8-15/h2-5,7-8H,1,6,9-14H2,(H,18,21). The van der Waals surface area contributed by atoms with Crippen molar-refractivity contribution in [1.29, 1.82) is 0 Å². The van der Waals surface area contributed by atoms with Crippen LogP contribution in [0.15, 0.2) is 47.9 Å². The Morgan fingerprint density at radius 2 is 1.76 bits per heavy atom. The largest absolute Gasteiger partial charge is 0.353 e. The van der Waals surface area contributed by atoms with Crippen LogP contribution >= 0.6 is 0 Å². The number of rotatable bonds is 7. The van der Waals surface area contributed by atoms with E-state index in [1.807, 2.05) is 0 Å². The molecule has 1 aromatic carbocycles. The second-order valence-electron chi connectivity index (χ2n) is 5.70. The summed E-state index contributed by atoms with van der Waals surface area (Å²) >= 11 is 0. The summed E-state index contributed by atoms with van der Waals surface area (Å²) in [4.78, 5) is 25.1. The van der Waals surface area contributed by atoms with E-state index in [1.54, 1.807) is 35.2 Å². The SMILES string of the molecule is C=CC(=O)NCCCC(=O)N1CCN(S(=O)(=O)c2ccccc2)CC1. The minimum Gasteiger partial charge on any atom is -0.353 e. The van der Waals surface area contributed by atoms with Crippen molar-refractivity contribution in [1.82, 2.24) is 14.5 Å². The molecule has 1 aliphatic rings. The summed E-state index contributed by atoms with van der Waals surface area (Å²) in [7, 11) is -3.51. The average Bonchev–Trinajstić information content (AvgIpc) is 2.65. The van der Waals surface area contributed by atoms with Crippen molar-refractivity contribution in [3.8, 4) is 0 Å². The number of piperazine rings is 1. The van der Waals surface area contributed by atoms with Crippen LogP contribution in [0.3, 0.4) is 0 Å². The molecule has 0 saturated carbocycles. The molecule has 0 spiro atoms. The number of nitrogens with zero attached hydrogens (tertiary/aromatic N) is 2. The van der Waals surface area contributed by atoms with E-state index in [0.717, 1.165) is 0 Å². The van der Waals surface area contributed by atoms with Gasteiger partial charge in [0.05, 0.1) is 4.90 Å². The van der Waals surface area contributed by atoms with Gasteiger partial charge in [-0.2, -0.15) is 4.31 Å². The molecule has 2 rings (SSSR count). The summed E-state index contributed by atoms with van der Waals surface area (Å²) in [6.45, 7) is 5.10. The van der Waals surface area contributed by atoms with Gasteiger partial charge >= 0.3 is 0 Å². The van der Waals surface area contributed by atoms with Crippen LogP contribution in [-0.4, -0.2) is 62.2 Å². The zero-order chi connectivity index (χ0) is 18.3. The molecule has 0 unspecified atom stereocenters. The summed E-state index contributed by atoms with van der Waals surface area (Å²) in [5.41, 5.74) is 0. The maximum Gasteiger partial charge on any atom is 0.243 e. The van der Waals surface area contributed by atoms with E-state index in [1.165, 1.54) is 10.4 Å². The van der Waals surface area contributed by atoms with Crippen molar-refractivity contribution in [2.75, 3.05) is 32.7 Å². The Morgan fingerprint density at radius 3 is 2.36 bits per heavy atom. The van der Waals surface area contributed by atoms with Crippen LogP contribution in [0, 0.1) is 0 Å². The predicted octanol–water partition coefficient (Wildman–Crippen LogP) is 0.602. The van der Waals surface area contributed by atoms with Crippen LogP contribution in [-0.2, 0) is 19.6 Å². The lowest BCUT2D eigenvalue weighted by Crippen LogP contribution is -2.50. The second-order valence-corrected chi connectivity index (χ2v) is 7.63. The van der Waals surface area contributed by atoms with Gasteiger partial charge in [-0.1, -0.05) is 24.8 Å². The zero-order valence-corrected chi connectivity index (χ0v) is 14.9. The lowest BCUT2D eigenvalue weighted by atomic mass is 10.2. The highest BCUT2D eigenvalue weighted by atomic mass is 32.2. The molecule has 0 atom stereocenters. The van der Waals surface area contributed by atoms with Gasteiger partial charge in [-0.25, -0.2) is 8.42 Å². The zero-order valence-electron chi connectivity index (χ0n) is 14.1. The third-order valence-electron chi connectivity index (χ3n) is 4.02. The van der Waals surface area contributed by atoms with Crippen molar-refractivity contribution >= 4 is 21.8 Å². The fourth-order valence-electron chi connectivity index (χ4n) is 2.60. The fraction of sp³-hybridized carbons (Fsp3) is 0.412. The molecule has 0 bridgehead atoms. The molecule has 1 saturated heterocycles. The van der Waals surface area contributed by atoms with E-state index < -0.39 is 10.0 Å². The molecule has 0 aliphatic carbocycles. The maximum atomic E-state index is 12.5. The Balaban J connectivity index is 1.80. The molecule has 0 aromatic heterocycles. The Hall–Kier alpha value is -2.19. The second kappa shape index (κ2) is 8.77. The van der Waals surface area contributed by atoms with E-state index in [0.29, 0.717) is 32.5 Å². The predicted molar refractivity (Wildman–Crippen MR) is 94.2 cm³/mol. The van der Waals surface area contributed by atoms with Crippen LogP contribution in [0.5, 0.6) is 0 Å². The van der Waals surface area contributed by atoms with Crippen LogP contribution < -0.4 is 5.32 Å². The molecule has 136 valence electrons. The molecule has 8 heteroatoms. The van der Waals surface area contributed by atoms with Gasteiger partial charge in [0.1, 0.15) is 0 Å². The monoisotopic (exact) mass is 365 g/mol. The number of amides is 2. The van der Waals surface area contributed by atoms with Gasteiger partial charge in [0.2, 0.25) is 21.8 Å². The highest BCUT2D eigenvalue weighted by Crippen LogP contribution is 2.17. The van der Waals surface area contributed by atoms with E-state index in [2.05, 4.69) is 11.9 Å². The number of hydrogen-bond acceptors (Lipinski definition) is 4. The van der Waals surface area contributed by atoms with Crippen molar-refractivity contribution in [2.24, 2.45) is 0 Å².